The highest BCUT2D eigenvalue weighted by molar-refractivity contribution is 5.94. The lowest BCUT2D eigenvalue weighted by atomic mass is 10.1. The Bertz CT molecular complexity index is 1090. The zero-order chi connectivity index (χ0) is 18.1. The number of hydrogen-bond donors (Lipinski definition) is 1. The summed E-state index contributed by atoms with van der Waals surface area (Å²) in [5.74, 6) is 1.62. The second-order valence-electron chi connectivity index (χ2n) is 6.09. The van der Waals surface area contributed by atoms with Crippen molar-refractivity contribution in [3.8, 4) is 5.75 Å². The lowest BCUT2D eigenvalue weighted by Gasteiger charge is -2.24. The van der Waals surface area contributed by atoms with Gasteiger partial charge in [0.2, 0.25) is 0 Å². The molecule has 0 fully saturated rings. The van der Waals surface area contributed by atoms with Crippen LogP contribution in [0.2, 0.25) is 0 Å². The molecule has 5 heteroatoms. The van der Waals surface area contributed by atoms with Gasteiger partial charge >= 0.3 is 0 Å². The van der Waals surface area contributed by atoms with Gasteiger partial charge in [-0.05, 0) is 42.8 Å². The Labute approximate surface area is 152 Å². The summed E-state index contributed by atoms with van der Waals surface area (Å²) >= 11 is 0. The van der Waals surface area contributed by atoms with E-state index in [2.05, 4.69) is 29.5 Å². The van der Waals surface area contributed by atoms with E-state index < -0.39 is 0 Å². The summed E-state index contributed by atoms with van der Waals surface area (Å²) in [6.07, 6.45) is 1.82. The molecule has 0 saturated heterocycles. The van der Waals surface area contributed by atoms with Crippen molar-refractivity contribution < 1.29 is 4.74 Å². The summed E-state index contributed by atoms with van der Waals surface area (Å²) in [6, 6.07) is 18.1. The first-order valence-electron chi connectivity index (χ1n) is 8.48. The molecule has 0 amide bonds. The average molecular weight is 344 g/mol. The van der Waals surface area contributed by atoms with Gasteiger partial charge in [-0.1, -0.05) is 18.2 Å². The van der Waals surface area contributed by atoms with Crippen LogP contribution in [-0.4, -0.2) is 24.1 Å². The van der Waals surface area contributed by atoms with Gasteiger partial charge in [0, 0.05) is 30.1 Å². The van der Waals surface area contributed by atoms with Crippen molar-refractivity contribution >= 4 is 33.3 Å². The molecule has 0 saturated carbocycles. The number of benzene rings is 2. The monoisotopic (exact) mass is 344 g/mol. The molecular weight excluding hydrogens is 324 g/mol. The van der Waals surface area contributed by atoms with Gasteiger partial charge in [0.1, 0.15) is 11.6 Å². The number of ether oxygens (including phenoxy) is 1. The molecule has 0 aliphatic carbocycles. The highest BCUT2D eigenvalue weighted by Gasteiger charge is 2.14. The molecule has 0 bridgehead atoms. The number of methoxy groups -OCH3 is 1. The topological polar surface area (TPSA) is 50.3 Å². The number of pyridine rings is 2. The van der Waals surface area contributed by atoms with Gasteiger partial charge in [-0.3, -0.25) is 9.99 Å². The van der Waals surface area contributed by atoms with Crippen molar-refractivity contribution in [2.75, 3.05) is 19.2 Å². The van der Waals surface area contributed by atoms with Gasteiger partial charge in [0.15, 0.2) is 0 Å². The minimum Gasteiger partial charge on any atom is -0.497 e. The van der Waals surface area contributed by atoms with Crippen LogP contribution in [0.1, 0.15) is 5.56 Å². The molecular formula is C21H20N4O. The maximum Gasteiger partial charge on any atom is 0.148 e. The molecule has 26 heavy (non-hydrogen) atoms. The van der Waals surface area contributed by atoms with Gasteiger partial charge in [-0.15, -0.1) is 0 Å². The van der Waals surface area contributed by atoms with Gasteiger partial charge in [0.25, 0.3) is 0 Å². The normalized spacial score (nSPS) is 11.0. The Balaban J connectivity index is 1.91. The molecule has 0 aliphatic heterocycles. The van der Waals surface area contributed by atoms with Crippen molar-refractivity contribution in [1.82, 2.24) is 15.4 Å². The standard InChI is InChI=1S/C21H20N4O/c1-14-12-21(24-19-13-15(26-3)8-9-16(14)19)25(22-2)20-10-11-23-18-7-5-4-6-17(18)20/h4-13,22H,1-3H3. The first-order chi connectivity index (χ1) is 12.7. The summed E-state index contributed by atoms with van der Waals surface area (Å²) in [6.45, 7) is 2.10. The van der Waals surface area contributed by atoms with Gasteiger partial charge in [-0.2, -0.15) is 0 Å². The minimum absolute atomic E-state index is 0.798. The molecule has 2 aromatic carbocycles. The fourth-order valence-corrected chi connectivity index (χ4v) is 3.24. The van der Waals surface area contributed by atoms with E-state index in [1.54, 1.807) is 7.11 Å². The zero-order valence-corrected chi connectivity index (χ0v) is 15.0. The third kappa shape index (κ3) is 2.72. The molecule has 4 aromatic rings. The van der Waals surface area contributed by atoms with Gasteiger partial charge in [0.05, 0.1) is 23.8 Å². The van der Waals surface area contributed by atoms with Crippen LogP contribution >= 0.6 is 0 Å². The second-order valence-corrected chi connectivity index (χ2v) is 6.09. The van der Waals surface area contributed by atoms with E-state index in [1.807, 2.05) is 60.7 Å². The fourth-order valence-electron chi connectivity index (χ4n) is 3.24. The number of rotatable bonds is 4. The van der Waals surface area contributed by atoms with Crippen molar-refractivity contribution in [2.24, 2.45) is 0 Å². The summed E-state index contributed by atoms with van der Waals surface area (Å²) < 4.78 is 5.35. The third-order valence-electron chi connectivity index (χ3n) is 4.53. The van der Waals surface area contributed by atoms with Crippen LogP contribution in [0.4, 0.5) is 11.5 Å². The Hall–Kier alpha value is -3.18. The van der Waals surface area contributed by atoms with E-state index in [4.69, 9.17) is 9.72 Å². The second kappa shape index (κ2) is 6.61. The van der Waals surface area contributed by atoms with E-state index in [0.717, 1.165) is 44.6 Å². The zero-order valence-electron chi connectivity index (χ0n) is 15.0. The largest absolute Gasteiger partial charge is 0.497 e. The summed E-state index contributed by atoms with van der Waals surface area (Å²) in [5, 5.41) is 4.16. The molecule has 0 atom stereocenters. The maximum atomic E-state index is 5.35. The van der Waals surface area contributed by atoms with E-state index in [1.165, 1.54) is 0 Å². The molecule has 0 radical (unpaired) electrons. The van der Waals surface area contributed by atoms with E-state index >= 15 is 0 Å². The molecule has 2 aromatic heterocycles. The smallest absolute Gasteiger partial charge is 0.148 e. The van der Waals surface area contributed by atoms with Crippen molar-refractivity contribution in [1.29, 1.82) is 0 Å². The Morgan fingerprint density at radius 1 is 0.962 bits per heavy atom. The van der Waals surface area contributed by atoms with E-state index in [0.29, 0.717) is 0 Å². The third-order valence-corrected chi connectivity index (χ3v) is 4.53. The van der Waals surface area contributed by atoms with Crippen LogP contribution in [0, 0.1) is 6.92 Å². The van der Waals surface area contributed by atoms with Crippen LogP contribution < -0.4 is 15.2 Å². The molecule has 2 heterocycles. The minimum atomic E-state index is 0.798. The molecule has 0 aliphatic rings. The number of nitrogens with zero attached hydrogens (tertiary/aromatic N) is 3. The first kappa shape index (κ1) is 16.3. The fraction of sp³-hybridized carbons (Fsp3) is 0.143. The lowest BCUT2D eigenvalue weighted by Crippen LogP contribution is -2.31. The predicted molar refractivity (Wildman–Crippen MR) is 106 cm³/mol. The number of aromatic nitrogens is 2. The highest BCUT2D eigenvalue weighted by Crippen LogP contribution is 2.31. The molecule has 4 rings (SSSR count). The van der Waals surface area contributed by atoms with Crippen LogP contribution in [0.15, 0.2) is 60.8 Å². The average Bonchev–Trinajstić information content (AvgIpc) is 2.68. The Kier molecular flexibility index (Phi) is 4.14. The number of nitrogens with one attached hydrogen (secondary N) is 1. The summed E-state index contributed by atoms with van der Waals surface area (Å²) in [5.41, 5.74) is 7.27. The Morgan fingerprint density at radius 2 is 1.81 bits per heavy atom. The lowest BCUT2D eigenvalue weighted by molar-refractivity contribution is 0.415. The van der Waals surface area contributed by atoms with Crippen molar-refractivity contribution in [2.45, 2.75) is 6.92 Å². The number of hydrazine groups is 1. The number of hydrogen-bond acceptors (Lipinski definition) is 5. The predicted octanol–water partition coefficient (Wildman–Crippen LogP) is 4.37. The number of fused-ring (bicyclic) bond motifs is 2. The van der Waals surface area contributed by atoms with Crippen molar-refractivity contribution in [3.63, 3.8) is 0 Å². The summed E-state index contributed by atoms with van der Waals surface area (Å²) in [4.78, 5) is 9.31. The molecule has 5 nitrogen and oxygen atoms in total. The quantitative estimate of drug-likeness (QED) is 0.557. The van der Waals surface area contributed by atoms with Crippen LogP contribution in [-0.2, 0) is 0 Å². The van der Waals surface area contributed by atoms with Crippen LogP contribution in [0.3, 0.4) is 0 Å². The van der Waals surface area contributed by atoms with Gasteiger partial charge in [-0.25, -0.2) is 10.4 Å². The highest BCUT2D eigenvalue weighted by atomic mass is 16.5. The van der Waals surface area contributed by atoms with Crippen molar-refractivity contribution in [3.05, 3.63) is 66.4 Å². The van der Waals surface area contributed by atoms with Gasteiger partial charge < -0.3 is 4.74 Å². The van der Waals surface area contributed by atoms with E-state index in [-0.39, 0.29) is 0 Å². The number of aryl methyl sites for hydroxylation is 1. The molecule has 0 spiro atoms. The Morgan fingerprint density at radius 3 is 2.62 bits per heavy atom. The SMILES string of the molecule is CNN(c1cc(C)c2ccc(OC)cc2n1)c1ccnc2ccccc12. The number of para-hydroxylation sites is 1. The van der Waals surface area contributed by atoms with Crippen LogP contribution in [0.25, 0.3) is 21.8 Å². The first-order valence-corrected chi connectivity index (χ1v) is 8.48. The number of anilines is 2. The maximum absolute atomic E-state index is 5.35. The molecule has 1 N–H and O–H groups in total. The molecule has 130 valence electrons. The molecule has 0 unspecified atom stereocenters. The van der Waals surface area contributed by atoms with E-state index in [9.17, 15) is 0 Å². The summed E-state index contributed by atoms with van der Waals surface area (Å²) in [7, 11) is 3.56. The van der Waals surface area contributed by atoms with Crippen LogP contribution in [0.5, 0.6) is 5.75 Å².